The Morgan fingerprint density at radius 2 is 1.26 bits per heavy atom. The second-order valence-electron chi connectivity index (χ2n) is 9.32. The molecule has 0 aliphatic rings. The van der Waals surface area contributed by atoms with Gasteiger partial charge in [0.2, 0.25) is 0 Å². The Balaban J connectivity index is 1.84. The van der Waals surface area contributed by atoms with Crippen molar-refractivity contribution in [1.82, 2.24) is 0 Å². The molecule has 1 atom stereocenters. The fourth-order valence-electron chi connectivity index (χ4n) is 3.98. The number of benzene rings is 1. The number of aliphatic hydroxyl groups excluding tert-OH is 1. The van der Waals surface area contributed by atoms with Crippen LogP contribution in [0.25, 0.3) is 0 Å². The number of aliphatic hydroxyl groups is 1. The van der Waals surface area contributed by atoms with Crippen molar-refractivity contribution in [3.8, 4) is 0 Å². The zero-order chi connectivity index (χ0) is 24.5. The first kappa shape index (κ1) is 30.4. The summed E-state index contributed by atoms with van der Waals surface area (Å²) in [6.45, 7) is 2.96. The van der Waals surface area contributed by atoms with E-state index < -0.39 is 12.3 Å². The molecule has 0 saturated heterocycles. The predicted octanol–water partition coefficient (Wildman–Crippen LogP) is 7.98. The molecule has 1 rings (SSSR count). The molecule has 0 amide bonds. The molecule has 1 aromatic carbocycles. The molecule has 0 spiro atoms. The summed E-state index contributed by atoms with van der Waals surface area (Å²) < 4.78 is 15.8. The fourth-order valence-corrected chi connectivity index (χ4v) is 3.98. The lowest BCUT2D eigenvalue weighted by atomic mass is 10.0. The minimum atomic E-state index is -0.783. The summed E-state index contributed by atoms with van der Waals surface area (Å²) in [7, 11) is 0. The largest absolute Gasteiger partial charge is 0.509 e. The molecule has 0 aromatic heterocycles. The smallest absolute Gasteiger partial charge is 0.429 e. The summed E-state index contributed by atoms with van der Waals surface area (Å²) in [4.78, 5) is 11.8. The van der Waals surface area contributed by atoms with Gasteiger partial charge in [-0.1, -0.05) is 134 Å². The van der Waals surface area contributed by atoms with Gasteiger partial charge in [-0.05, 0) is 12.0 Å². The van der Waals surface area contributed by atoms with E-state index in [4.69, 9.17) is 14.2 Å². The number of ether oxygens (including phenoxy) is 3. The molecule has 0 aliphatic carbocycles. The van der Waals surface area contributed by atoms with Gasteiger partial charge in [0.05, 0.1) is 13.2 Å². The molecule has 196 valence electrons. The monoisotopic (exact) mass is 478 g/mol. The normalized spacial score (nSPS) is 11.9. The Morgan fingerprint density at radius 3 is 1.76 bits per heavy atom. The number of carbonyl (C=O) groups is 1. The SMILES string of the molecule is CCCCCCCCCCCCCCCCCCOCC(CO)OC(=O)OCc1ccccc1. The van der Waals surface area contributed by atoms with Crippen molar-refractivity contribution in [2.75, 3.05) is 19.8 Å². The molecule has 1 N–H and O–H groups in total. The number of hydrogen-bond acceptors (Lipinski definition) is 5. The highest BCUT2D eigenvalue weighted by Gasteiger charge is 2.15. The van der Waals surface area contributed by atoms with Crippen molar-refractivity contribution >= 4 is 6.16 Å². The fraction of sp³-hybridized carbons (Fsp3) is 0.759. The lowest BCUT2D eigenvalue weighted by Crippen LogP contribution is -2.27. The van der Waals surface area contributed by atoms with Crippen molar-refractivity contribution in [1.29, 1.82) is 0 Å². The second-order valence-corrected chi connectivity index (χ2v) is 9.32. The molecule has 34 heavy (non-hydrogen) atoms. The van der Waals surface area contributed by atoms with Gasteiger partial charge in [0.1, 0.15) is 6.61 Å². The molecule has 1 aromatic rings. The molecule has 5 nitrogen and oxygen atoms in total. The van der Waals surface area contributed by atoms with Crippen LogP contribution in [0.3, 0.4) is 0 Å². The molecular weight excluding hydrogens is 428 g/mol. The van der Waals surface area contributed by atoms with Crippen LogP contribution in [0.2, 0.25) is 0 Å². The summed E-state index contributed by atoms with van der Waals surface area (Å²) in [5.74, 6) is 0. The third kappa shape index (κ3) is 18.8. The van der Waals surface area contributed by atoms with E-state index in [1.807, 2.05) is 30.3 Å². The Hall–Kier alpha value is -1.59. The molecule has 0 radical (unpaired) electrons. The quantitative estimate of drug-likeness (QED) is 0.128. The summed E-state index contributed by atoms with van der Waals surface area (Å²) >= 11 is 0. The third-order valence-corrected chi connectivity index (χ3v) is 6.11. The summed E-state index contributed by atoms with van der Waals surface area (Å²) in [5.41, 5.74) is 0.889. The van der Waals surface area contributed by atoms with E-state index in [0.717, 1.165) is 18.4 Å². The van der Waals surface area contributed by atoms with Crippen molar-refractivity contribution in [3.05, 3.63) is 35.9 Å². The highest BCUT2D eigenvalue weighted by molar-refractivity contribution is 5.60. The van der Waals surface area contributed by atoms with Crippen LogP contribution in [0.5, 0.6) is 0 Å². The predicted molar refractivity (Wildman–Crippen MR) is 139 cm³/mol. The Kier molecular flexibility index (Phi) is 20.7. The van der Waals surface area contributed by atoms with Gasteiger partial charge in [0.15, 0.2) is 6.10 Å². The topological polar surface area (TPSA) is 65.0 Å². The van der Waals surface area contributed by atoms with Crippen LogP contribution in [0.1, 0.15) is 115 Å². The highest BCUT2D eigenvalue weighted by atomic mass is 16.7. The maximum Gasteiger partial charge on any atom is 0.509 e. The minimum Gasteiger partial charge on any atom is -0.429 e. The van der Waals surface area contributed by atoms with Crippen LogP contribution in [-0.4, -0.2) is 37.2 Å². The van der Waals surface area contributed by atoms with Crippen molar-refractivity contribution in [2.24, 2.45) is 0 Å². The van der Waals surface area contributed by atoms with Gasteiger partial charge in [-0.2, -0.15) is 0 Å². The molecule has 0 bridgehead atoms. The van der Waals surface area contributed by atoms with Crippen molar-refractivity contribution in [3.63, 3.8) is 0 Å². The number of hydrogen-bond donors (Lipinski definition) is 1. The van der Waals surface area contributed by atoms with Crippen LogP contribution >= 0.6 is 0 Å². The lowest BCUT2D eigenvalue weighted by Gasteiger charge is -2.15. The second kappa shape index (κ2) is 23.2. The van der Waals surface area contributed by atoms with E-state index in [1.54, 1.807) is 0 Å². The molecule has 5 heteroatoms. The van der Waals surface area contributed by atoms with Gasteiger partial charge in [-0.3, -0.25) is 0 Å². The van der Waals surface area contributed by atoms with Crippen LogP contribution < -0.4 is 0 Å². The first-order valence-corrected chi connectivity index (χ1v) is 13.8. The van der Waals surface area contributed by atoms with Gasteiger partial charge >= 0.3 is 6.16 Å². The first-order valence-electron chi connectivity index (χ1n) is 13.8. The van der Waals surface area contributed by atoms with E-state index in [1.165, 1.54) is 89.9 Å². The number of unbranched alkanes of at least 4 members (excludes halogenated alkanes) is 15. The van der Waals surface area contributed by atoms with Gasteiger partial charge in [-0.15, -0.1) is 0 Å². The lowest BCUT2D eigenvalue weighted by molar-refractivity contribution is -0.0387. The molecular formula is C29H50O5. The molecule has 0 aliphatic heterocycles. The van der Waals surface area contributed by atoms with E-state index >= 15 is 0 Å². The van der Waals surface area contributed by atoms with Crippen LogP contribution in [0.4, 0.5) is 4.79 Å². The van der Waals surface area contributed by atoms with E-state index in [-0.39, 0.29) is 19.8 Å². The zero-order valence-electron chi connectivity index (χ0n) is 21.7. The standard InChI is InChI=1S/C29H50O5/c1-2-3-4-5-6-7-8-9-10-11-12-13-14-15-16-20-23-32-26-28(24-30)34-29(31)33-25-27-21-18-17-19-22-27/h17-19,21-22,28,30H,2-16,20,23-26H2,1H3. The number of carbonyl (C=O) groups excluding carboxylic acids is 1. The molecule has 0 saturated carbocycles. The van der Waals surface area contributed by atoms with Gasteiger partial charge in [-0.25, -0.2) is 4.79 Å². The average molecular weight is 479 g/mol. The maximum absolute atomic E-state index is 11.8. The van der Waals surface area contributed by atoms with E-state index in [2.05, 4.69) is 6.92 Å². The zero-order valence-corrected chi connectivity index (χ0v) is 21.7. The minimum absolute atomic E-state index is 0.151. The van der Waals surface area contributed by atoms with Crippen molar-refractivity contribution in [2.45, 2.75) is 122 Å². The molecule has 1 unspecified atom stereocenters. The van der Waals surface area contributed by atoms with Crippen LogP contribution in [0.15, 0.2) is 30.3 Å². The first-order chi connectivity index (χ1) is 16.8. The van der Waals surface area contributed by atoms with E-state index in [0.29, 0.717) is 6.61 Å². The molecule has 0 heterocycles. The summed E-state index contributed by atoms with van der Waals surface area (Å²) in [6, 6.07) is 9.41. The van der Waals surface area contributed by atoms with Crippen LogP contribution in [0, 0.1) is 0 Å². The highest BCUT2D eigenvalue weighted by Crippen LogP contribution is 2.13. The average Bonchev–Trinajstić information content (AvgIpc) is 2.86. The van der Waals surface area contributed by atoms with Gasteiger partial charge in [0.25, 0.3) is 0 Å². The Bertz CT molecular complexity index is 563. The van der Waals surface area contributed by atoms with Crippen LogP contribution in [-0.2, 0) is 20.8 Å². The summed E-state index contributed by atoms with van der Waals surface area (Å²) in [6.07, 6.45) is 20.0. The summed E-state index contributed by atoms with van der Waals surface area (Å²) in [5, 5.41) is 9.39. The number of rotatable bonds is 23. The Labute approximate surface area is 208 Å². The third-order valence-electron chi connectivity index (χ3n) is 6.11. The molecule has 0 fully saturated rings. The van der Waals surface area contributed by atoms with Gasteiger partial charge < -0.3 is 19.3 Å². The maximum atomic E-state index is 11.8. The van der Waals surface area contributed by atoms with Crippen molar-refractivity contribution < 1.29 is 24.1 Å². The Morgan fingerprint density at radius 1 is 0.765 bits per heavy atom. The van der Waals surface area contributed by atoms with E-state index in [9.17, 15) is 9.90 Å². The van der Waals surface area contributed by atoms with Gasteiger partial charge in [0, 0.05) is 6.61 Å².